The third-order valence-electron chi connectivity index (χ3n) is 1.52. The Labute approximate surface area is 76.5 Å². The highest BCUT2D eigenvalue weighted by atomic mass is 32.2. The van der Waals surface area contributed by atoms with Crippen LogP contribution in [0.3, 0.4) is 0 Å². The summed E-state index contributed by atoms with van der Waals surface area (Å²) in [5.74, 6) is -0.369. The molecule has 1 aliphatic rings. The van der Waals surface area contributed by atoms with Gasteiger partial charge in [-0.05, 0) is 6.08 Å². The third kappa shape index (κ3) is 3.35. The van der Waals surface area contributed by atoms with E-state index in [0.29, 0.717) is 11.1 Å². The van der Waals surface area contributed by atoms with Crippen molar-refractivity contribution >= 4 is 15.8 Å². The second kappa shape index (κ2) is 3.68. The van der Waals surface area contributed by atoms with Crippen LogP contribution in [0.5, 0.6) is 0 Å². The van der Waals surface area contributed by atoms with Gasteiger partial charge in [-0.2, -0.15) is 8.42 Å². The van der Waals surface area contributed by atoms with Crippen molar-refractivity contribution in [2.45, 2.75) is 0 Å². The summed E-state index contributed by atoms with van der Waals surface area (Å²) in [6, 6.07) is 0. The molecule has 0 heterocycles. The molecule has 0 fully saturated rings. The van der Waals surface area contributed by atoms with Gasteiger partial charge in [0.2, 0.25) is 0 Å². The predicted molar refractivity (Wildman–Crippen MR) is 50.2 cm³/mol. The quantitative estimate of drug-likeness (QED) is 0.655. The molecule has 0 amide bonds. The molecule has 13 heavy (non-hydrogen) atoms. The summed E-state index contributed by atoms with van der Waals surface area (Å²) in [7, 11) is -4.08. The maximum atomic E-state index is 10.3. The van der Waals surface area contributed by atoms with Gasteiger partial charge in [0, 0.05) is 11.6 Å². The highest BCUT2D eigenvalue weighted by Crippen LogP contribution is 2.10. The van der Waals surface area contributed by atoms with Crippen LogP contribution in [-0.2, 0) is 10.1 Å². The van der Waals surface area contributed by atoms with E-state index >= 15 is 0 Å². The predicted octanol–water partition coefficient (Wildman–Crippen LogP) is 1.15. The molecule has 1 atom stereocenters. The highest BCUT2D eigenvalue weighted by molar-refractivity contribution is 7.88. The summed E-state index contributed by atoms with van der Waals surface area (Å²) in [6.45, 7) is 0. The molecule has 0 spiro atoms. The van der Waals surface area contributed by atoms with Gasteiger partial charge in [-0.15, -0.1) is 0 Å². The fraction of sp³-hybridized carbons (Fsp3) is 0.125. The number of nitrogens with one attached hydrogen (secondary N) is 1. The summed E-state index contributed by atoms with van der Waals surface area (Å²) in [5, 5.41) is 8.08. The Morgan fingerprint density at radius 2 is 2.15 bits per heavy atom. The minimum Gasteiger partial charge on any atom is -0.304 e. The van der Waals surface area contributed by atoms with E-state index in [1.54, 1.807) is 24.3 Å². The SMILES string of the molecule is N=C1C=CC=CC1C=CS(=O)(=O)O. The van der Waals surface area contributed by atoms with Crippen molar-refractivity contribution in [2.24, 2.45) is 5.92 Å². The minimum atomic E-state index is -4.08. The number of hydrogen-bond donors (Lipinski definition) is 2. The average molecular weight is 199 g/mol. The summed E-state index contributed by atoms with van der Waals surface area (Å²) in [5.41, 5.74) is 0.294. The Hall–Kier alpha value is -1.20. The van der Waals surface area contributed by atoms with Gasteiger partial charge in [-0.3, -0.25) is 4.55 Å². The Morgan fingerprint density at radius 1 is 1.46 bits per heavy atom. The van der Waals surface area contributed by atoms with Crippen LogP contribution >= 0.6 is 0 Å². The highest BCUT2D eigenvalue weighted by Gasteiger charge is 2.08. The third-order valence-corrected chi connectivity index (χ3v) is 2.02. The topological polar surface area (TPSA) is 78.2 Å². The lowest BCUT2D eigenvalue weighted by atomic mass is 9.99. The van der Waals surface area contributed by atoms with Crippen LogP contribution in [0.4, 0.5) is 0 Å². The molecule has 0 bridgehead atoms. The number of hydrogen-bond acceptors (Lipinski definition) is 3. The Kier molecular flexibility index (Phi) is 2.79. The smallest absolute Gasteiger partial charge is 0.287 e. The molecule has 4 nitrogen and oxygen atoms in total. The van der Waals surface area contributed by atoms with Crippen LogP contribution in [0.15, 0.2) is 35.8 Å². The molecule has 0 radical (unpaired) electrons. The molecule has 1 rings (SSSR count). The van der Waals surface area contributed by atoms with Gasteiger partial charge < -0.3 is 5.41 Å². The van der Waals surface area contributed by atoms with Crippen LogP contribution in [-0.4, -0.2) is 18.7 Å². The number of rotatable bonds is 2. The van der Waals surface area contributed by atoms with Gasteiger partial charge in [-0.25, -0.2) is 0 Å². The summed E-state index contributed by atoms with van der Waals surface area (Å²) in [6.07, 6.45) is 7.91. The maximum Gasteiger partial charge on any atom is 0.287 e. The van der Waals surface area contributed by atoms with E-state index in [9.17, 15) is 8.42 Å². The summed E-state index contributed by atoms with van der Waals surface area (Å²) in [4.78, 5) is 0. The Bertz CT molecular complexity index is 390. The Morgan fingerprint density at radius 3 is 2.69 bits per heavy atom. The molecule has 0 aliphatic heterocycles. The lowest BCUT2D eigenvalue weighted by Gasteiger charge is -2.07. The Balaban J connectivity index is 2.76. The van der Waals surface area contributed by atoms with Gasteiger partial charge in [0.05, 0.1) is 5.41 Å². The zero-order chi connectivity index (χ0) is 9.90. The fourth-order valence-electron chi connectivity index (χ4n) is 0.910. The van der Waals surface area contributed by atoms with Crippen LogP contribution in [0.1, 0.15) is 0 Å². The minimum absolute atomic E-state index is 0.294. The first kappa shape index (κ1) is 9.88. The van der Waals surface area contributed by atoms with Crippen LogP contribution < -0.4 is 0 Å². The molecular weight excluding hydrogens is 190 g/mol. The van der Waals surface area contributed by atoms with Crippen molar-refractivity contribution in [3.8, 4) is 0 Å². The van der Waals surface area contributed by atoms with Gasteiger partial charge in [0.1, 0.15) is 0 Å². The van der Waals surface area contributed by atoms with Crippen molar-refractivity contribution < 1.29 is 13.0 Å². The molecule has 0 aromatic carbocycles. The first-order valence-electron chi connectivity index (χ1n) is 3.58. The van der Waals surface area contributed by atoms with Crippen molar-refractivity contribution in [1.29, 1.82) is 5.41 Å². The van der Waals surface area contributed by atoms with Crippen molar-refractivity contribution in [2.75, 3.05) is 0 Å². The standard InChI is InChI=1S/C8H9NO3S/c9-8-4-2-1-3-7(8)5-6-13(10,11)12/h1-7,9H,(H,10,11,12). The average Bonchev–Trinajstić information content (AvgIpc) is 2.01. The summed E-state index contributed by atoms with van der Waals surface area (Å²) < 4.78 is 29.1. The molecule has 0 saturated heterocycles. The van der Waals surface area contributed by atoms with Gasteiger partial charge in [0.25, 0.3) is 10.1 Å². The van der Waals surface area contributed by atoms with Gasteiger partial charge >= 0.3 is 0 Å². The van der Waals surface area contributed by atoms with Gasteiger partial charge in [0.15, 0.2) is 0 Å². The van der Waals surface area contributed by atoms with Crippen molar-refractivity contribution in [3.05, 3.63) is 35.8 Å². The molecule has 1 aliphatic carbocycles. The molecule has 1 unspecified atom stereocenters. The fourth-order valence-corrected chi connectivity index (χ4v) is 1.28. The van der Waals surface area contributed by atoms with Crippen molar-refractivity contribution in [1.82, 2.24) is 0 Å². The van der Waals surface area contributed by atoms with Crippen LogP contribution in [0.2, 0.25) is 0 Å². The largest absolute Gasteiger partial charge is 0.304 e. The lowest BCUT2D eigenvalue weighted by molar-refractivity contribution is 0.494. The maximum absolute atomic E-state index is 10.3. The van der Waals surface area contributed by atoms with Crippen molar-refractivity contribution in [3.63, 3.8) is 0 Å². The van der Waals surface area contributed by atoms with E-state index in [-0.39, 0.29) is 5.92 Å². The molecule has 2 N–H and O–H groups in total. The molecule has 5 heteroatoms. The molecule has 0 aromatic heterocycles. The van der Waals surface area contributed by atoms with Crippen LogP contribution in [0.25, 0.3) is 0 Å². The second-order valence-corrected chi connectivity index (χ2v) is 3.87. The van der Waals surface area contributed by atoms with E-state index in [1.807, 2.05) is 0 Å². The molecule has 0 aromatic rings. The second-order valence-electron chi connectivity index (χ2n) is 2.57. The number of allylic oxidation sites excluding steroid dienone is 5. The molecular formula is C8H9NO3S. The first-order valence-corrected chi connectivity index (χ1v) is 5.08. The zero-order valence-electron chi connectivity index (χ0n) is 6.71. The van der Waals surface area contributed by atoms with Gasteiger partial charge in [-0.1, -0.05) is 24.3 Å². The normalized spacial score (nSPS) is 22.8. The van der Waals surface area contributed by atoms with E-state index in [2.05, 4.69) is 0 Å². The lowest BCUT2D eigenvalue weighted by Crippen LogP contribution is -2.08. The molecule has 70 valence electrons. The van der Waals surface area contributed by atoms with E-state index < -0.39 is 10.1 Å². The van der Waals surface area contributed by atoms with Crippen LogP contribution in [0, 0.1) is 11.3 Å². The zero-order valence-corrected chi connectivity index (χ0v) is 7.53. The van der Waals surface area contributed by atoms with E-state index in [4.69, 9.17) is 9.96 Å². The first-order chi connectivity index (χ1) is 5.99. The van der Waals surface area contributed by atoms with E-state index in [0.717, 1.165) is 0 Å². The monoisotopic (exact) mass is 199 g/mol. The molecule has 0 saturated carbocycles. The van der Waals surface area contributed by atoms with E-state index in [1.165, 1.54) is 6.08 Å². The summed E-state index contributed by atoms with van der Waals surface area (Å²) >= 11 is 0.